The maximum absolute atomic E-state index is 6.79. The highest BCUT2D eigenvalue weighted by molar-refractivity contribution is 6.10. The van der Waals surface area contributed by atoms with Crippen molar-refractivity contribution in [3.05, 3.63) is 110 Å². The van der Waals surface area contributed by atoms with E-state index in [4.69, 9.17) is 18.3 Å². The summed E-state index contributed by atoms with van der Waals surface area (Å²) in [6, 6.07) is 29.5. The van der Waals surface area contributed by atoms with Crippen LogP contribution in [0.5, 0.6) is 23.1 Å². The van der Waals surface area contributed by atoms with Gasteiger partial charge in [-0.1, -0.05) is 42.5 Å². The van der Waals surface area contributed by atoms with Gasteiger partial charge in [0.2, 0.25) is 5.88 Å². The fourth-order valence-electron chi connectivity index (χ4n) is 5.30. The maximum Gasteiger partial charge on any atom is 0.219 e. The number of pyridine rings is 1. The summed E-state index contributed by atoms with van der Waals surface area (Å²) in [6.45, 7) is 0.741. The van der Waals surface area contributed by atoms with E-state index in [9.17, 15) is 0 Å². The lowest BCUT2D eigenvalue weighted by Crippen LogP contribution is -2.21. The van der Waals surface area contributed by atoms with Gasteiger partial charge in [-0.25, -0.2) is 4.98 Å². The van der Waals surface area contributed by atoms with Crippen LogP contribution in [0.1, 0.15) is 0 Å². The fourth-order valence-corrected chi connectivity index (χ4v) is 5.30. The highest BCUT2D eigenvalue weighted by Gasteiger charge is 2.21. The van der Waals surface area contributed by atoms with Gasteiger partial charge in [-0.2, -0.15) is 0 Å². The Balaban J connectivity index is 1.34. The molecule has 0 amide bonds. The van der Waals surface area contributed by atoms with Crippen molar-refractivity contribution in [1.29, 1.82) is 0 Å². The van der Waals surface area contributed by atoms with Crippen LogP contribution >= 0.6 is 0 Å². The van der Waals surface area contributed by atoms with Crippen molar-refractivity contribution in [3.8, 4) is 23.1 Å². The molecule has 7 nitrogen and oxygen atoms in total. The number of ether oxygens (including phenoxy) is 2. The van der Waals surface area contributed by atoms with Gasteiger partial charge in [-0.3, -0.25) is 0 Å². The van der Waals surface area contributed by atoms with E-state index in [2.05, 4.69) is 39.3 Å². The second kappa shape index (κ2) is 8.81. The highest BCUT2D eigenvalue weighted by Crippen LogP contribution is 2.45. The average Bonchev–Trinajstić information content (AvgIpc) is 3.68. The van der Waals surface area contributed by atoms with Crippen molar-refractivity contribution in [2.75, 3.05) is 18.6 Å². The number of hydrogen-bond acceptors (Lipinski definition) is 7. The molecule has 1 aliphatic heterocycles. The number of fused-ring (bicyclic) bond motifs is 6. The molecule has 40 heavy (non-hydrogen) atoms. The monoisotopic (exact) mass is 525 g/mol. The first-order valence-electron chi connectivity index (χ1n) is 13.0. The molecule has 7 aromatic rings. The number of benzene rings is 4. The van der Waals surface area contributed by atoms with Gasteiger partial charge in [-0.15, -0.1) is 0 Å². The van der Waals surface area contributed by atoms with Crippen LogP contribution in [0, 0.1) is 0 Å². The first-order valence-corrected chi connectivity index (χ1v) is 13.0. The Hall–Kier alpha value is -5.43. The zero-order chi connectivity index (χ0) is 26.6. The smallest absolute Gasteiger partial charge is 0.219 e. The fraction of sp³-hybridized carbons (Fsp3) is 0.0606. The molecule has 4 heterocycles. The van der Waals surface area contributed by atoms with Crippen molar-refractivity contribution < 1.29 is 18.3 Å². The van der Waals surface area contributed by atoms with Crippen LogP contribution in [-0.2, 0) is 0 Å². The van der Waals surface area contributed by atoms with Gasteiger partial charge >= 0.3 is 0 Å². The minimum Gasteiger partial charge on any atom is -0.456 e. The van der Waals surface area contributed by atoms with E-state index in [1.165, 1.54) is 0 Å². The van der Waals surface area contributed by atoms with Gasteiger partial charge in [0.15, 0.2) is 11.3 Å². The molecule has 0 fully saturated rings. The van der Waals surface area contributed by atoms with E-state index in [-0.39, 0.29) is 0 Å². The molecule has 0 spiro atoms. The lowest BCUT2D eigenvalue weighted by molar-refractivity contribution is 0.449. The molecule has 0 N–H and O–H groups in total. The first-order chi connectivity index (χ1) is 19.7. The van der Waals surface area contributed by atoms with Crippen LogP contribution in [0.2, 0.25) is 0 Å². The minimum absolute atomic E-state index is 0.482. The Morgan fingerprint density at radius 1 is 0.700 bits per heavy atom. The molecule has 0 saturated heterocycles. The molecule has 0 unspecified atom stereocenters. The maximum atomic E-state index is 6.79. The van der Waals surface area contributed by atoms with Gasteiger partial charge < -0.3 is 28.1 Å². The molecule has 0 atom stereocenters. The van der Waals surface area contributed by atoms with Gasteiger partial charge in [0.05, 0.1) is 12.1 Å². The van der Waals surface area contributed by atoms with Crippen LogP contribution < -0.4 is 14.4 Å². The SMILES string of the molecule is CN1C=CN(c2cc(Oc3cc(Oc4ccccn4)cc4oc5ccccc5c34)c3oc4ccccc4c3c2)C1. The van der Waals surface area contributed by atoms with Crippen molar-refractivity contribution in [2.24, 2.45) is 0 Å². The molecule has 1 aliphatic rings. The number of rotatable bonds is 5. The van der Waals surface area contributed by atoms with E-state index in [1.54, 1.807) is 6.20 Å². The zero-order valence-corrected chi connectivity index (χ0v) is 21.6. The molecule has 8 rings (SSSR count). The standard InChI is InChI=1S/C33H23N3O4/c1-35-14-15-36(20-35)21-16-25-23-8-2-4-10-26(23)40-33(25)30(17-21)39-29-19-22(37-31-12-6-7-13-34-31)18-28-32(29)24-9-3-5-11-27(24)38-28/h2-19H,20H2,1H3. The minimum atomic E-state index is 0.482. The zero-order valence-electron chi connectivity index (χ0n) is 21.6. The van der Waals surface area contributed by atoms with Crippen LogP contribution in [-0.4, -0.2) is 23.6 Å². The Morgan fingerprint density at radius 3 is 2.30 bits per heavy atom. The number of anilines is 1. The molecular formula is C33H23N3O4. The number of para-hydroxylation sites is 2. The Kier molecular flexibility index (Phi) is 4.97. The number of furan rings is 2. The van der Waals surface area contributed by atoms with Gasteiger partial charge in [-0.05, 0) is 24.3 Å². The van der Waals surface area contributed by atoms with Crippen LogP contribution in [0.25, 0.3) is 43.9 Å². The van der Waals surface area contributed by atoms with Crippen LogP contribution in [0.15, 0.2) is 118 Å². The van der Waals surface area contributed by atoms with Crippen LogP contribution in [0.4, 0.5) is 5.69 Å². The van der Waals surface area contributed by atoms with Gasteiger partial charge in [0.1, 0.15) is 28.2 Å². The Bertz CT molecular complexity index is 2080. The Labute approximate surface area is 229 Å². The lowest BCUT2D eigenvalue weighted by Gasteiger charge is -2.19. The number of aromatic nitrogens is 1. The van der Waals surface area contributed by atoms with E-state index in [1.807, 2.05) is 85.9 Å². The summed E-state index contributed by atoms with van der Waals surface area (Å²) in [5.74, 6) is 2.24. The number of hydrogen-bond donors (Lipinski definition) is 0. The second-order valence-corrected chi connectivity index (χ2v) is 9.85. The van der Waals surface area contributed by atoms with E-state index in [0.717, 1.165) is 45.1 Å². The molecule has 0 saturated carbocycles. The Morgan fingerprint density at radius 2 is 1.50 bits per heavy atom. The van der Waals surface area contributed by atoms with Crippen molar-refractivity contribution >= 4 is 49.6 Å². The van der Waals surface area contributed by atoms with E-state index >= 15 is 0 Å². The molecule has 0 bridgehead atoms. The quantitative estimate of drug-likeness (QED) is 0.223. The third-order valence-electron chi connectivity index (χ3n) is 7.13. The van der Waals surface area contributed by atoms with Crippen molar-refractivity contribution in [1.82, 2.24) is 9.88 Å². The first kappa shape index (κ1) is 22.5. The topological polar surface area (TPSA) is 64.1 Å². The van der Waals surface area contributed by atoms with Gasteiger partial charge in [0, 0.05) is 71.8 Å². The van der Waals surface area contributed by atoms with Gasteiger partial charge in [0.25, 0.3) is 0 Å². The highest BCUT2D eigenvalue weighted by atomic mass is 16.5. The normalized spacial score (nSPS) is 13.3. The predicted molar refractivity (Wildman–Crippen MR) is 156 cm³/mol. The molecule has 0 radical (unpaired) electrons. The third kappa shape index (κ3) is 3.71. The summed E-state index contributed by atoms with van der Waals surface area (Å²) in [4.78, 5) is 8.61. The van der Waals surface area contributed by atoms with E-state index < -0.39 is 0 Å². The summed E-state index contributed by atoms with van der Waals surface area (Å²) >= 11 is 0. The lowest BCUT2D eigenvalue weighted by atomic mass is 10.1. The molecule has 3 aromatic heterocycles. The molecule has 0 aliphatic carbocycles. The van der Waals surface area contributed by atoms with Crippen molar-refractivity contribution in [3.63, 3.8) is 0 Å². The second-order valence-electron chi connectivity index (χ2n) is 9.85. The number of nitrogens with zero attached hydrogens (tertiary/aromatic N) is 3. The molecule has 194 valence electrons. The van der Waals surface area contributed by atoms with Crippen molar-refractivity contribution in [2.45, 2.75) is 0 Å². The summed E-state index contributed by atoms with van der Waals surface area (Å²) in [6.07, 6.45) is 5.81. The third-order valence-corrected chi connectivity index (χ3v) is 7.13. The van der Waals surface area contributed by atoms with E-state index in [0.29, 0.717) is 34.3 Å². The molecular weight excluding hydrogens is 502 g/mol. The average molecular weight is 526 g/mol. The summed E-state index contributed by atoms with van der Waals surface area (Å²) < 4.78 is 25.5. The predicted octanol–water partition coefficient (Wildman–Crippen LogP) is 8.65. The largest absolute Gasteiger partial charge is 0.456 e. The molecule has 7 heteroatoms. The van der Waals surface area contributed by atoms with Crippen LogP contribution in [0.3, 0.4) is 0 Å². The summed E-state index contributed by atoms with van der Waals surface area (Å²) in [5, 5.41) is 3.84. The molecule has 4 aromatic carbocycles. The summed E-state index contributed by atoms with van der Waals surface area (Å²) in [5.41, 5.74) is 3.91. The summed E-state index contributed by atoms with van der Waals surface area (Å²) in [7, 11) is 2.05.